The fraction of sp³-hybridized carbons (Fsp3) is 0.0476. The molecule has 3 aromatic carbocycles. The zero-order valence-corrected chi connectivity index (χ0v) is 15.0. The molecule has 0 bridgehead atoms. The number of nitro groups is 1. The summed E-state index contributed by atoms with van der Waals surface area (Å²) in [6.07, 6.45) is -0.406. The van der Waals surface area contributed by atoms with E-state index in [4.69, 9.17) is 4.74 Å². The molecule has 3 aromatic rings. The van der Waals surface area contributed by atoms with Gasteiger partial charge in [0, 0.05) is 17.8 Å². The Morgan fingerprint density at radius 3 is 2.31 bits per heavy atom. The third-order valence-electron chi connectivity index (χ3n) is 4.48. The van der Waals surface area contributed by atoms with Gasteiger partial charge in [0.05, 0.1) is 16.1 Å². The molecular weight excluding hydrogens is 374 g/mol. The highest BCUT2D eigenvalue weighted by Crippen LogP contribution is 2.27. The van der Waals surface area contributed by atoms with Gasteiger partial charge < -0.3 is 15.4 Å². The Morgan fingerprint density at radius 2 is 1.62 bits per heavy atom. The predicted molar refractivity (Wildman–Crippen MR) is 105 cm³/mol. The van der Waals surface area contributed by atoms with Crippen LogP contribution in [-0.4, -0.2) is 16.8 Å². The number of nitrogens with one attached hydrogen (secondary N) is 2. The molecule has 0 aromatic heterocycles. The third kappa shape index (κ3) is 3.77. The minimum atomic E-state index is -0.620. The van der Waals surface area contributed by atoms with Crippen LogP contribution < -0.4 is 15.4 Å². The van der Waals surface area contributed by atoms with Crippen LogP contribution in [-0.2, 0) is 0 Å². The van der Waals surface area contributed by atoms with Crippen LogP contribution in [0.5, 0.6) is 5.75 Å². The molecule has 0 spiro atoms. The van der Waals surface area contributed by atoms with Crippen LogP contribution in [0.4, 0.5) is 11.4 Å². The van der Waals surface area contributed by atoms with E-state index in [-0.39, 0.29) is 17.2 Å². The minimum absolute atomic E-state index is 0.102. The van der Waals surface area contributed by atoms with Crippen molar-refractivity contribution in [3.8, 4) is 5.75 Å². The summed E-state index contributed by atoms with van der Waals surface area (Å²) in [6, 6.07) is 19.1. The summed E-state index contributed by atoms with van der Waals surface area (Å²) < 4.78 is 5.30. The quantitative estimate of drug-likeness (QED) is 0.305. The molecule has 0 unspecified atom stereocenters. The number of nitrogens with zero attached hydrogens (tertiary/aromatic N) is 1. The molecule has 2 N–H and O–H groups in total. The van der Waals surface area contributed by atoms with Gasteiger partial charge in [-0.2, -0.15) is 0 Å². The average molecular weight is 389 g/mol. The molecule has 8 nitrogen and oxygen atoms in total. The van der Waals surface area contributed by atoms with Crippen LogP contribution >= 0.6 is 0 Å². The standard InChI is InChI=1S/C21H15N3O5/c25-20-17-3-1-2-4-18(17)22-19(23-20)13-7-11-16(12-8-13)29-21(26)14-5-9-15(10-6-14)24(27)28/h1-12,19,22H,(H,23,25)/t19-/m0/s1. The maximum Gasteiger partial charge on any atom is 0.343 e. The number of anilines is 1. The van der Waals surface area contributed by atoms with Gasteiger partial charge in [0.1, 0.15) is 11.9 Å². The van der Waals surface area contributed by atoms with Gasteiger partial charge in [-0.3, -0.25) is 14.9 Å². The van der Waals surface area contributed by atoms with Crippen LogP contribution in [0.2, 0.25) is 0 Å². The van der Waals surface area contributed by atoms with Gasteiger partial charge in [0.2, 0.25) is 0 Å². The zero-order valence-electron chi connectivity index (χ0n) is 15.0. The van der Waals surface area contributed by atoms with Crippen molar-refractivity contribution < 1.29 is 19.2 Å². The van der Waals surface area contributed by atoms with Crippen molar-refractivity contribution >= 4 is 23.3 Å². The molecule has 1 atom stereocenters. The van der Waals surface area contributed by atoms with Gasteiger partial charge in [-0.05, 0) is 42.0 Å². The van der Waals surface area contributed by atoms with Crippen molar-refractivity contribution in [2.75, 3.05) is 5.32 Å². The Labute approximate surface area is 165 Å². The first-order valence-corrected chi connectivity index (χ1v) is 8.74. The lowest BCUT2D eigenvalue weighted by molar-refractivity contribution is -0.384. The number of benzene rings is 3. The van der Waals surface area contributed by atoms with Crippen LogP contribution in [0.1, 0.15) is 32.4 Å². The smallest absolute Gasteiger partial charge is 0.343 e. The van der Waals surface area contributed by atoms with Gasteiger partial charge in [0.25, 0.3) is 11.6 Å². The molecule has 4 rings (SSSR count). The molecule has 144 valence electrons. The normalized spacial score (nSPS) is 14.9. The number of hydrogen-bond acceptors (Lipinski definition) is 6. The van der Waals surface area contributed by atoms with Gasteiger partial charge in [0.15, 0.2) is 0 Å². The summed E-state index contributed by atoms with van der Waals surface area (Å²) in [7, 11) is 0. The Balaban J connectivity index is 1.45. The van der Waals surface area contributed by atoms with Crippen LogP contribution in [0.3, 0.4) is 0 Å². The van der Waals surface area contributed by atoms with Crippen LogP contribution in [0, 0.1) is 10.1 Å². The Bertz CT molecular complexity index is 1090. The first-order valence-electron chi connectivity index (χ1n) is 8.74. The fourth-order valence-electron chi connectivity index (χ4n) is 2.99. The summed E-state index contributed by atoms with van der Waals surface area (Å²) in [5, 5.41) is 16.8. The van der Waals surface area contributed by atoms with E-state index in [0.717, 1.165) is 11.3 Å². The van der Waals surface area contributed by atoms with E-state index in [2.05, 4.69) is 10.6 Å². The number of rotatable bonds is 4. The number of non-ortho nitro benzene ring substituents is 1. The third-order valence-corrected chi connectivity index (χ3v) is 4.48. The van der Waals surface area contributed by atoms with Crippen LogP contribution in [0.25, 0.3) is 0 Å². The summed E-state index contributed by atoms with van der Waals surface area (Å²) in [4.78, 5) is 34.6. The van der Waals surface area contributed by atoms with Gasteiger partial charge >= 0.3 is 5.97 Å². The molecule has 1 heterocycles. The molecule has 1 aliphatic rings. The van der Waals surface area contributed by atoms with Gasteiger partial charge in [-0.15, -0.1) is 0 Å². The van der Waals surface area contributed by atoms with Crippen molar-refractivity contribution in [1.29, 1.82) is 0 Å². The number of amides is 1. The predicted octanol–water partition coefficient (Wildman–Crippen LogP) is 3.67. The molecule has 0 aliphatic carbocycles. The lowest BCUT2D eigenvalue weighted by atomic mass is 10.1. The van der Waals surface area contributed by atoms with E-state index in [0.29, 0.717) is 11.3 Å². The van der Waals surface area contributed by atoms with E-state index in [9.17, 15) is 19.7 Å². The van der Waals surface area contributed by atoms with Crippen molar-refractivity contribution in [1.82, 2.24) is 5.32 Å². The second kappa shape index (κ2) is 7.43. The van der Waals surface area contributed by atoms with Gasteiger partial charge in [-0.25, -0.2) is 4.79 Å². The summed E-state index contributed by atoms with van der Waals surface area (Å²) >= 11 is 0. The number of carbonyl (C=O) groups excluding carboxylic acids is 2. The zero-order chi connectivity index (χ0) is 20.4. The fourth-order valence-corrected chi connectivity index (χ4v) is 2.99. The number of esters is 1. The number of ether oxygens (including phenoxy) is 1. The second-order valence-electron chi connectivity index (χ2n) is 6.36. The summed E-state index contributed by atoms with van der Waals surface area (Å²) in [5.74, 6) is -0.469. The maximum atomic E-state index is 12.2. The Kier molecular flexibility index (Phi) is 4.66. The summed E-state index contributed by atoms with van der Waals surface area (Å²) in [5.41, 5.74) is 2.22. The van der Waals surface area contributed by atoms with E-state index < -0.39 is 17.1 Å². The van der Waals surface area contributed by atoms with E-state index in [1.807, 2.05) is 12.1 Å². The molecular formula is C21H15N3O5. The van der Waals surface area contributed by atoms with E-state index in [1.54, 1.807) is 36.4 Å². The maximum absolute atomic E-state index is 12.2. The lowest BCUT2D eigenvalue weighted by Gasteiger charge is -2.28. The molecule has 0 fully saturated rings. The first kappa shape index (κ1) is 18.2. The molecule has 29 heavy (non-hydrogen) atoms. The van der Waals surface area contributed by atoms with Gasteiger partial charge in [-0.1, -0.05) is 24.3 Å². The van der Waals surface area contributed by atoms with Crippen molar-refractivity contribution in [2.24, 2.45) is 0 Å². The summed E-state index contributed by atoms with van der Waals surface area (Å²) in [6.45, 7) is 0. The molecule has 1 aliphatic heterocycles. The topological polar surface area (TPSA) is 111 Å². The number of para-hydroxylation sites is 1. The highest BCUT2D eigenvalue weighted by Gasteiger charge is 2.24. The number of nitro benzene ring substituents is 1. The van der Waals surface area contributed by atoms with Crippen molar-refractivity contribution in [2.45, 2.75) is 6.17 Å². The lowest BCUT2D eigenvalue weighted by Crippen LogP contribution is -2.38. The average Bonchev–Trinajstić information content (AvgIpc) is 2.74. The Hall–Kier alpha value is -4.20. The van der Waals surface area contributed by atoms with Crippen LogP contribution in [0.15, 0.2) is 72.8 Å². The molecule has 8 heteroatoms. The number of hydrogen-bond donors (Lipinski definition) is 2. The van der Waals surface area contributed by atoms with E-state index in [1.165, 1.54) is 24.3 Å². The highest BCUT2D eigenvalue weighted by molar-refractivity contribution is 6.01. The monoisotopic (exact) mass is 389 g/mol. The van der Waals surface area contributed by atoms with Crippen molar-refractivity contribution in [3.05, 3.63) is 99.6 Å². The number of fused-ring (bicyclic) bond motifs is 1. The second-order valence-corrected chi connectivity index (χ2v) is 6.36. The molecule has 1 amide bonds. The molecule has 0 saturated carbocycles. The highest BCUT2D eigenvalue weighted by atomic mass is 16.6. The largest absolute Gasteiger partial charge is 0.423 e. The SMILES string of the molecule is O=C(Oc1ccc([C@@H]2NC(=O)c3ccccc3N2)cc1)c1ccc([N+](=O)[O-])cc1. The van der Waals surface area contributed by atoms with E-state index >= 15 is 0 Å². The number of carbonyl (C=O) groups is 2. The molecule has 0 saturated heterocycles. The Morgan fingerprint density at radius 1 is 0.931 bits per heavy atom. The van der Waals surface area contributed by atoms with Crippen molar-refractivity contribution in [3.63, 3.8) is 0 Å². The first-order chi connectivity index (χ1) is 14.0. The molecule has 0 radical (unpaired) electrons. The minimum Gasteiger partial charge on any atom is -0.423 e.